The Morgan fingerprint density at radius 1 is 1.38 bits per heavy atom. The molecule has 142 valence electrons. The molecular weight excluding hydrogens is 328 g/mol. The second kappa shape index (κ2) is 9.08. The molecule has 2 fully saturated rings. The predicted molar refractivity (Wildman–Crippen MR) is 102 cm³/mol. The maximum atomic E-state index is 12.4. The molecule has 5 heteroatoms. The Balaban J connectivity index is 1.51. The van der Waals surface area contributed by atoms with E-state index in [0.29, 0.717) is 32.0 Å². The highest BCUT2D eigenvalue weighted by Gasteiger charge is 2.28. The molecule has 1 unspecified atom stereocenters. The zero-order valence-corrected chi connectivity index (χ0v) is 15.7. The van der Waals surface area contributed by atoms with Gasteiger partial charge in [-0.1, -0.05) is 12.1 Å². The van der Waals surface area contributed by atoms with Crippen LogP contribution < -0.4 is 10.1 Å². The number of nitrogens with one attached hydrogen (secondary N) is 1. The first-order valence-electron chi connectivity index (χ1n) is 9.74. The van der Waals surface area contributed by atoms with E-state index >= 15 is 0 Å². The molecule has 1 aliphatic carbocycles. The summed E-state index contributed by atoms with van der Waals surface area (Å²) >= 11 is 0. The zero-order valence-electron chi connectivity index (χ0n) is 15.7. The maximum Gasteiger partial charge on any atom is 0.224 e. The van der Waals surface area contributed by atoms with Gasteiger partial charge in [0.15, 0.2) is 0 Å². The summed E-state index contributed by atoms with van der Waals surface area (Å²) in [6.45, 7) is 4.64. The van der Waals surface area contributed by atoms with Gasteiger partial charge in [-0.15, -0.1) is 0 Å². The number of likely N-dealkylation sites (tertiary alicyclic amines) is 1. The van der Waals surface area contributed by atoms with Crippen molar-refractivity contribution in [2.24, 2.45) is 0 Å². The largest absolute Gasteiger partial charge is 0.493 e. The summed E-state index contributed by atoms with van der Waals surface area (Å²) in [6.07, 6.45) is 5.82. The highest BCUT2D eigenvalue weighted by molar-refractivity contribution is 5.78. The topological polar surface area (TPSA) is 61.8 Å². The van der Waals surface area contributed by atoms with Crippen molar-refractivity contribution in [2.75, 3.05) is 26.3 Å². The van der Waals surface area contributed by atoms with Crippen LogP contribution in [0.3, 0.4) is 0 Å². The molecule has 2 N–H and O–H groups in total. The number of nitrogens with zero attached hydrogens (tertiary/aromatic N) is 1. The molecule has 0 radical (unpaired) electrons. The van der Waals surface area contributed by atoms with Gasteiger partial charge in [-0.2, -0.15) is 0 Å². The molecule has 0 bridgehead atoms. The molecule has 1 aromatic carbocycles. The normalized spacial score (nSPS) is 18.8. The molecule has 0 spiro atoms. The third-order valence-electron chi connectivity index (χ3n) is 5.10. The fourth-order valence-electron chi connectivity index (χ4n) is 3.54. The van der Waals surface area contributed by atoms with Crippen molar-refractivity contribution in [3.63, 3.8) is 0 Å². The second-order valence-electron chi connectivity index (χ2n) is 7.26. The van der Waals surface area contributed by atoms with E-state index in [1.54, 1.807) is 0 Å². The van der Waals surface area contributed by atoms with E-state index < -0.39 is 0 Å². The number of amides is 1. The predicted octanol–water partition coefficient (Wildman–Crippen LogP) is 2.64. The van der Waals surface area contributed by atoms with Crippen molar-refractivity contribution in [3.05, 3.63) is 41.1 Å². The van der Waals surface area contributed by atoms with Crippen molar-refractivity contribution in [1.82, 2.24) is 10.2 Å². The number of aliphatic hydroxyl groups excluding tert-OH is 1. The molecule has 1 heterocycles. The third-order valence-corrected chi connectivity index (χ3v) is 5.10. The van der Waals surface area contributed by atoms with E-state index in [1.165, 1.54) is 37.0 Å². The Labute approximate surface area is 156 Å². The van der Waals surface area contributed by atoms with Crippen LogP contribution in [0, 0.1) is 0 Å². The standard InChI is InChI=1S/C21H30N2O3/c1-16-5-3-10-23(16)20(18-8-9-18)15-22-21(25)14-17-6-2-7-19(13-17)26-12-4-11-24/h2,6-7,13,16,24H,3-5,8-12,14-15H2,1H3,(H,22,25). The fourth-order valence-corrected chi connectivity index (χ4v) is 3.54. The van der Waals surface area contributed by atoms with Crippen molar-refractivity contribution in [1.29, 1.82) is 0 Å². The lowest BCUT2D eigenvalue weighted by atomic mass is 10.1. The summed E-state index contributed by atoms with van der Waals surface area (Å²) in [6, 6.07) is 8.22. The molecule has 0 aromatic heterocycles. The maximum absolute atomic E-state index is 12.4. The van der Waals surface area contributed by atoms with E-state index in [9.17, 15) is 4.79 Å². The number of rotatable bonds is 9. The highest BCUT2D eigenvalue weighted by Crippen LogP contribution is 2.35. The number of aliphatic hydroxyl groups is 1. The van der Waals surface area contributed by atoms with Crippen LogP contribution in [0.5, 0.6) is 5.75 Å². The summed E-state index contributed by atoms with van der Waals surface area (Å²) < 4.78 is 5.58. The SMILES string of the molecule is CC1CCCN1C(CNC(=O)Cc1cccc(OCCCO)c1)=C1CC1. The van der Waals surface area contributed by atoms with Crippen molar-refractivity contribution >= 4 is 5.91 Å². The zero-order chi connectivity index (χ0) is 18.4. The number of carbonyl (C=O) groups is 1. The number of hydrogen-bond acceptors (Lipinski definition) is 4. The molecule has 1 atom stereocenters. The molecular formula is C21H30N2O3. The van der Waals surface area contributed by atoms with Crippen molar-refractivity contribution in [2.45, 2.75) is 51.5 Å². The molecule has 1 saturated heterocycles. The lowest BCUT2D eigenvalue weighted by Gasteiger charge is -2.27. The van der Waals surface area contributed by atoms with Crippen LogP contribution in [-0.2, 0) is 11.2 Å². The summed E-state index contributed by atoms with van der Waals surface area (Å²) in [5, 5.41) is 11.9. The highest BCUT2D eigenvalue weighted by atomic mass is 16.5. The number of ether oxygens (including phenoxy) is 1. The van der Waals surface area contributed by atoms with Gasteiger partial charge in [0.05, 0.1) is 19.6 Å². The van der Waals surface area contributed by atoms with Gasteiger partial charge in [0, 0.05) is 31.3 Å². The van der Waals surface area contributed by atoms with Gasteiger partial charge in [0.2, 0.25) is 5.91 Å². The van der Waals surface area contributed by atoms with E-state index in [1.807, 2.05) is 24.3 Å². The fraction of sp³-hybridized carbons (Fsp3) is 0.571. The minimum atomic E-state index is 0.0445. The molecule has 5 nitrogen and oxygen atoms in total. The van der Waals surface area contributed by atoms with Crippen LogP contribution in [0.1, 0.15) is 44.6 Å². The van der Waals surface area contributed by atoms with Gasteiger partial charge in [0.1, 0.15) is 5.75 Å². The lowest BCUT2D eigenvalue weighted by molar-refractivity contribution is -0.120. The molecule has 3 rings (SSSR count). The summed E-state index contributed by atoms with van der Waals surface area (Å²) in [7, 11) is 0. The van der Waals surface area contributed by atoms with Gasteiger partial charge in [0.25, 0.3) is 0 Å². The van der Waals surface area contributed by atoms with Crippen LogP contribution in [0.4, 0.5) is 0 Å². The summed E-state index contributed by atoms with van der Waals surface area (Å²) in [4.78, 5) is 14.9. The molecule has 1 saturated carbocycles. The van der Waals surface area contributed by atoms with Gasteiger partial charge in [-0.25, -0.2) is 0 Å². The van der Waals surface area contributed by atoms with Crippen LogP contribution in [-0.4, -0.2) is 48.3 Å². The summed E-state index contributed by atoms with van der Waals surface area (Å²) in [5.41, 5.74) is 3.81. The first-order chi connectivity index (χ1) is 12.7. The van der Waals surface area contributed by atoms with Crippen LogP contribution in [0.25, 0.3) is 0 Å². The van der Waals surface area contributed by atoms with Crippen LogP contribution in [0.15, 0.2) is 35.5 Å². The minimum Gasteiger partial charge on any atom is -0.493 e. The molecule has 26 heavy (non-hydrogen) atoms. The smallest absolute Gasteiger partial charge is 0.224 e. The van der Waals surface area contributed by atoms with E-state index in [4.69, 9.17) is 9.84 Å². The first kappa shape index (κ1) is 18.8. The molecule has 1 aromatic rings. The van der Waals surface area contributed by atoms with Gasteiger partial charge < -0.3 is 20.1 Å². The monoisotopic (exact) mass is 358 g/mol. The third kappa shape index (κ3) is 5.24. The Morgan fingerprint density at radius 2 is 2.23 bits per heavy atom. The number of carbonyl (C=O) groups excluding carboxylic acids is 1. The quantitative estimate of drug-likeness (QED) is 0.666. The minimum absolute atomic E-state index is 0.0445. The molecule has 1 aliphatic heterocycles. The van der Waals surface area contributed by atoms with Crippen molar-refractivity contribution < 1.29 is 14.6 Å². The van der Waals surface area contributed by atoms with E-state index in [0.717, 1.165) is 17.9 Å². The average Bonchev–Trinajstić information content (AvgIpc) is 3.38. The van der Waals surface area contributed by atoms with E-state index in [-0.39, 0.29) is 12.5 Å². The Hall–Kier alpha value is -2.01. The van der Waals surface area contributed by atoms with Crippen LogP contribution in [0.2, 0.25) is 0 Å². The van der Waals surface area contributed by atoms with E-state index in [2.05, 4.69) is 17.1 Å². The van der Waals surface area contributed by atoms with Crippen molar-refractivity contribution in [3.8, 4) is 5.75 Å². The van der Waals surface area contributed by atoms with Gasteiger partial charge in [-0.05, 0) is 55.9 Å². The lowest BCUT2D eigenvalue weighted by Crippen LogP contribution is -2.35. The van der Waals surface area contributed by atoms with Gasteiger partial charge in [-0.3, -0.25) is 4.79 Å². The number of benzene rings is 1. The summed E-state index contributed by atoms with van der Waals surface area (Å²) in [5.74, 6) is 0.790. The van der Waals surface area contributed by atoms with Crippen LogP contribution >= 0.6 is 0 Å². The average molecular weight is 358 g/mol. The first-order valence-corrected chi connectivity index (χ1v) is 9.74. The Morgan fingerprint density at radius 3 is 2.92 bits per heavy atom. The number of hydrogen-bond donors (Lipinski definition) is 2. The molecule has 1 amide bonds. The number of allylic oxidation sites excluding steroid dienone is 1. The Bertz CT molecular complexity index is 650. The van der Waals surface area contributed by atoms with Gasteiger partial charge >= 0.3 is 0 Å². The Kier molecular flexibility index (Phi) is 6.56. The molecule has 2 aliphatic rings. The second-order valence-corrected chi connectivity index (χ2v) is 7.26.